The Hall–Kier alpha value is -0.880. The van der Waals surface area contributed by atoms with Crippen molar-refractivity contribution >= 4 is 43.8 Å². The highest BCUT2D eigenvalue weighted by Gasteiger charge is 2.13. The van der Waals surface area contributed by atoms with Crippen molar-refractivity contribution in [2.24, 2.45) is 0 Å². The van der Waals surface area contributed by atoms with Gasteiger partial charge in [-0.2, -0.15) is 0 Å². The third-order valence-electron chi connectivity index (χ3n) is 2.87. The Morgan fingerprint density at radius 3 is 3.05 bits per heavy atom. The number of halogens is 2. The van der Waals surface area contributed by atoms with Crippen LogP contribution in [0.2, 0.25) is 5.02 Å². The van der Waals surface area contributed by atoms with E-state index in [1.165, 1.54) is 0 Å². The van der Waals surface area contributed by atoms with E-state index < -0.39 is 6.10 Å². The first kappa shape index (κ1) is 13.1. The normalized spacial score (nSPS) is 13.0. The topological polar surface area (TPSA) is 37.5 Å². The minimum atomic E-state index is -0.585. The molecule has 3 rings (SSSR count). The number of benzene rings is 1. The fourth-order valence-electron chi connectivity index (χ4n) is 1.91. The molecule has 2 aromatic heterocycles. The van der Waals surface area contributed by atoms with Crippen LogP contribution in [0.5, 0.6) is 0 Å². The molecule has 0 aliphatic heterocycles. The van der Waals surface area contributed by atoms with E-state index >= 15 is 0 Å². The molecule has 0 aliphatic carbocycles. The molecule has 3 nitrogen and oxygen atoms in total. The summed E-state index contributed by atoms with van der Waals surface area (Å²) in [5.41, 5.74) is 1.71. The van der Waals surface area contributed by atoms with Crippen LogP contribution in [0.4, 0.5) is 0 Å². The maximum Gasteiger partial charge on any atom is 0.193 e. The van der Waals surface area contributed by atoms with E-state index in [0.29, 0.717) is 11.4 Å². The standard InChI is InChI=1S/C13H10BrClN2OS/c14-10-5-8(1-2-11(10)15)12(18)6-9-7-17-3-4-19-13(17)16-9/h1-5,7,12,18H,6H2. The van der Waals surface area contributed by atoms with Crippen molar-refractivity contribution in [2.45, 2.75) is 12.5 Å². The van der Waals surface area contributed by atoms with E-state index in [2.05, 4.69) is 20.9 Å². The van der Waals surface area contributed by atoms with Crippen LogP contribution in [0, 0.1) is 0 Å². The van der Waals surface area contributed by atoms with Gasteiger partial charge in [-0.25, -0.2) is 4.98 Å². The van der Waals surface area contributed by atoms with Gasteiger partial charge >= 0.3 is 0 Å². The Kier molecular flexibility index (Phi) is 3.62. The molecule has 19 heavy (non-hydrogen) atoms. The summed E-state index contributed by atoms with van der Waals surface area (Å²) < 4.78 is 2.75. The summed E-state index contributed by atoms with van der Waals surface area (Å²) >= 11 is 10.9. The van der Waals surface area contributed by atoms with E-state index in [1.54, 1.807) is 17.4 Å². The van der Waals surface area contributed by atoms with Crippen molar-refractivity contribution in [3.63, 3.8) is 0 Å². The summed E-state index contributed by atoms with van der Waals surface area (Å²) in [6.07, 6.45) is 3.81. The van der Waals surface area contributed by atoms with Crippen LogP contribution in [-0.4, -0.2) is 14.5 Å². The van der Waals surface area contributed by atoms with Crippen molar-refractivity contribution in [1.29, 1.82) is 0 Å². The van der Waals surface area contributed by atoms with Crippen molar-refractivity contribution in [3.8, 4) is 0 Å². The molecule has 1 atom stereocenters. The van der Waals surface area contributed by atoms with Crippen LogP contribution in [0.25, 0.3) is 4.96 Å². The highest BCUT2D eigenvalue weighted by molar-refractivity contribution is 9.10. The SMILES string of the molecule is OC(Cc1cn2ccsc2n1)c1ccc(Cl)c(Br)c1. The van der Waals surface area contributed by atoms with E-state index in [4.69, 9.17) is 11.6 Å². The molecule has 0 bridgehead atoms. The quantitative estimate of drug-likeness (QED) is 0.766. The summed E-state index contributed by atoms with van der Waals surface area (Å²) in [4.78, 5) is 5.41. The molecule has 2 heterocycles. The molecule has 0 aliphatic rings. The van der Waals surface area contributed by atoms with Gasteiger partial charge in [-0.3, -0.25) is 4.40 Å². The minimum Gasteiger partial charge on any atom is -0.388 e. The molecular formula is C13H10BrClN2OS. The second-order valence-corrected chi connectivity index (χ2v) is 6.35. The van der Waals surface area contributed by atoms with Crippen LogP contribution in [0.15, 0.2) is 40.4 Å². The smallest absolute Gasteiger partial charge is 0.193 e. The Labute approximate surface area is 127 Å². The third kappa shape index (κ3) is 2.69. The molecule has 0 spiro atoms. The Morgan fingerprint density at radius 1 is 1.47 bits per heavy atom. The molecule has 0 amide bonds. The summed E-state index contributed by atoms with van der Waals surface area (Å²) in [6, 6.07) is 5.44. The van der Waals surface area contributed by atoms with Gasteiger partial charge in [0.1, 0.15) is 0 Å². The molecule has 3 aromatic rings. The van der Waals surface area contributed by atoms with Crippen LogP contribution in [0.3, 0.4) is 0 Å². The average Bonchev–Trinajstić information content (AvgIpc) is 2.93. The lowest BCUT2D eigenvalue weighted by Gasteiger charge is -2.10. The number of aliphatic hydroxyl groups excluding tert-OH is 1. The number of hydrogen-bond acceptors (Lipinski definition) is 3. The predicted octanol–water partition coefficient (Wildman–Crippen LogP) is 4.09. The Bertz CT molecular complexity index is 696. The number of imidazole rings is 1. The second kappa shape index (κ2) is 5.25. The van der Waals surface area contributed by atoms with Gasteiger partial charge in [-0.05, 0) is 33.6 Å². The van der Waals surface area contributed by atoms with Gasteiger partial charge in [0.05, 0.1) is 16.8 Å². The predicted molar refractivity (Wildman–Crippen MR) is 80.9 cm³/mol. The zero-order chi connectivity index (χ0) is 13.4. The van der Waals surface area contributed by atoms with E-state index in [1.807, 2.05) is 34.3 Å². The van der Waals surface area contributed by atoms with Crippen LogP contribution < -0.4 is 0 Å². The summed E-state index contributed by atoms with van der Waals surface area (Å²) in [5, 5.41) is 12.9. The first-order chi connectivity index (χ1) is 9.13. The number of aliphatic hydroxyl groups is 1. The van der Waals surface area contributed by atoms with Gasteiger partial charge in [0, 0.05) is 28.7 Å². The molecule has 0 radical (unpaired) electrons. The maximum atomic E-state index is 10.2. The number of aromatic nitrogens is 2. The van der Waals surface area contributed by atoms with Gasteiger partial charge in [0.2, 0.25) is 0 Å². The van der Waals surface area contributed by atoms with Gasteiger partial charge in [0.15, 0.2) is 4.96 Å². The molecule has 6 heteroatoms. The zero-order valence-electron chi connectivity index (χ0n) is 9.75. The molecule has 1 unspecified atom stereocenters. The molecular weight excluding hydrogens is 348 g/mol. The maximum absolute atomic E-state index is 10.2. The minimum absolute atomic E-state index is 0.489. The fourth-order valence-corrected chi connectivity index (χ4v) is 3.14. The van der Waals surface area contributed by atoms with E-state index in [9.17, 15) is 5.11 Å². The Morgan fingerprint density at radius 2 is 2.32 bits per heavy atom. The summed E-state index contributed by atoms with van der Waals surface area (Å²) in [6.45, 7) is 0. The summed E-state index contributed by atoms with van der Waals surface area (Å²) in [5.74, 6) is 0. The highest BCUT2D eigenvalue weighted by Crippen LogP contribution is 2.27. The monoisotopic (exact) mass is 356 g/mol. The zero-order valence-corrected chi connectivity index (χ0v) is 12.9. The number of fused-ring (bicyclic) bond motifs is 1. The Balaban J connectivity index is 1.82. The van der Waals surface area contributed by atoms with Crippen LogP contribution in [0.1, 0.15) is 17.4 Å². The van der Waals surface area contributed by atoms with Crippen LogP contribution in [-0.2, 0) is 6.42 Å². The molecule has 0 saturated heterocycles. The van der Waals surface area contributed by atoms with Gasteiger partial charge in [-0.15, -0.1) is 11.3 Å². The first-order valence-electron chi connectivity index (χ1n) is 5.67. The van der Waals surface area contributed by atoms with E-state index in [-0.39, 0.29) is 0 Å². The summed E-state index contributed by atoms with van der Waals surface area (Å²) in [7, 11) is 0. The molecule has 98 valence electrons. The third-order valence-corrected chi connectivity index (χ3v) is 4.86. The van der Waals surface area contributed by atoms with Gasteiger partial charge < -0.3 is 5.11 Å². The molecule has 1 N–H and O–H groups in total. The second-order valence-electron chi connectivity index (χ2n) is 4.22. The molecule has 0 saturated carbocycles. The largest absolute Gasteiger partial charge is 0.388 e. The lowest BCUT2D eigenvalue weighted by atomic mass is 10.1. The number of nitrogens with zero attached hydrogens (tertiary/aromatic N) is 2. The fraction of sp³-hybridized carbons (Fsp3) is 0.154. The van der Waals surface area contributed by atoms with Gasteiger partial charge in [-0.1, -0.05) is 17.7 Å². The lowest BCUT2D eigenvalue weighted by molar-refractivity contribution is 0.177. The van der Waals surface area contributed by atoms with E-state index in [0.717, 1.165) is 20.7 Å². The first-order valence-corrected chi connectivity index (χ1v) is 7.72. The number of rotatable bonds is 3. The van der Waals surface area contributed by atoms with Crippen LogP contribution >= 0.6 is 38.9 Å². The lowest BCUT2D eigenvalue weighted by Crippen LogP contribution is -2.02. The van der Waals surface area contributed by atoms with Crippen molar-refractivity contribution < 1.29 is 5.11 Å². The van der Waals surface area contributed by atoms with Crippen molar-refractivity contribution in [3.05, 3.63) is 56.7 Å². The van der Waals surface area contributed by atoms with Gasteiger partial charge in [0.25, 0.3) is 0 Å². The number of hydrogen-bond donors (Lipinski definition) is 1. The van der Waals surface area contributed by atoms with Crippen molar-refractivity contribution in [1.82, 2.24) is 9.38 Å². The van der Waals surface area contributed by atoms with Crippen molar-refractivity contribution in [2.75, 3.05) is 0 Å². The highest BCUT2D eigenvalue weighted by atomic mass is 79.9. The molecule has 1 aromatic carbocycles. The average molecular weight is 358 g/mol. The number of thiazole rings is 1. The molecule has 0 fully saturated rings.